The monoisotopic (exact) mass is 290 g/mol. The summed E-state index contributed by atoms with van der Waals surface area (Å²) in [6.45, 7) is 1.74. The molecular weight excluding hydrogens is 276 g/mol. The number of halogens is 1. The molecule has 0 amide bonds. The molecule has 0 saturated carbocycles. The summed E-state index contributed by atoms with van der Waals surface area (Å²) >= 11 is 7.31. The van der Waals surface area contributed by atoms with Crippen molar-refractivity contribution in [3.63, 3.8) is 0 Å². The lowest BCUT2D eigenvalue weighted by Gasteiger charge is -2.05. The number of rotatable bonds is 8. The fourth-order valence-corrected chi connectivity index (χ4v) is 2.22. The minimum Gasteiger partial charge on any atom is -0.478 e. The van der Waals surface area contributed by atoms with Gasteiger partial charge in [-0.2, -0.15) is 0 Å². The van der Waals surface area contributed by atoms with Gasteiger partial charge in [0.05, 0.1) is 30.4 Å². The summed E-state index contributed by atoms with van der Waals surface area (Å²) < 4.78 is 10.2. The molecule has 1 rings (SSSR count). The van der Waals surface area contributed by atoms with Crippen molar-refractivity contribution < 1.29 is 19.4 Å². The molecule has 1 aromatic rings. The molecule has 0 unspecified atom stereocenters. The van der Waals surface area contributed by atoms with Crippen molar-refractivity contribution in [3.8, 4) is 0 Å². The topological polar surface area (TPSA) is 55.8 Å². The van der Waals surface area contributed by atoms with Crippen molar-refractivity contribution in [2.24, 2.45) is 0 Å². The summed E-state index contributed by atoms with van der Waals surface area (Å²) in [5.74, 6) is -0.261. The maximum Gasteiger partial charge on any atom is 0.337 e. The molecule has 4 nitrogen and oxygen atoms in total. The number of hydrogen-bond acceptors (Lipinski definition) is 4. The van der Waals surface area contributed by atoms with Gasteiger partial charge in [0.25, 0.3) is 0 Å². The molecule has 1 N–H and O–H groups in total. The van der Waals surface area contributed by atoms with E-state index in [1.165, 1.54) is 11.8 Å². The first-order valence-electron chi connectivity index (χ1n) is 5.37. The zero-order valence-electron chi connectivity index (χ0n) is 10.0. The van der Waals surface area contributed by atoms with Crippen LogP contribution >= 0.6 is 23.4 Å². The molecule has 0 bridgehead atoms. The van der Waals surface area contributed by atoms with E-state index in [0.717, 1.165) is 10.6 Å². The lowest BCUT2D eigenvalue weighted by molar-refractivity contribution is 0.0697. The van der Waals surface area contributed by atoms with Gasteiger partial charge in [-0.3, -0.25) is 0 Å². The molecule has 0 aliphatic carbocycles. The maximum atomic E-state index is 10.9. The van der Waals surface area contributed by atoms with Crippen molar-refractivity contribution in [2.75, 3.05) is 32.7 Å². The Balaban J connectivity index is 2.38. The highest BCUT2D eigenvalue weighted by molar-refractivity contribution is 7.99. The summed E-state index contributed by atoms with van der Waals surface area (Å²) in [5, 5.41) is 9.18. The highest BCUT2D eigenvalue weighted by atomic mass is 35.5. The third kappa shape index (κ3) is 5.27. The molecule has 0 spiro atoms. The number of carboxylic acids is 1. The van der Waals surface area contributed by atoms with Crippen molar-refractivity contribution in [1.29, 1.82) is 0 Å². The Kier molecular flexibility index (Phi) is 7.12. The zero-order chi connectivity index (χ0) is 13.4. The molecule has 0 radical (unpaired) electrons. The Bertz CT molecular complexity index is 398. The molecule has 0 heterocycles. The van der Waals surface area contributed by atoms with Gasteiger partial charge in [-0.15, -0.1) is 11.8 Å². The van der Waals surface area contributed by atoms with Crippen LogP contribution in [0.4, 0.5) is 0 Å². The quantitative estimate of drug-likeness (QED) is 0.589. The van der Waals surface area contributed by atoms with Crippen LogP contribution in [0.25, 0.3) is 0 Å². The van der Waals surface area contributed by atoms with Crippen molar-refractivity contribution >= 4 is 29.3 Å². The summed E-state index contributed by atoms with van der Waals surface area (Å²) in [6, 6.07) is 4.97. The van der Waals surface area contributed by atoms with E-state index >= 15 is 0 Å². The van der Waals surface area contributed by atoms with Crippen LogP contribution in [0.3, 0.4) is 0 Å². The molecule has 0 aromatic heterocycles. The van der Waals surface area contributed by atoms with Crippen molar-refractivity contribution in [2.45, 2.75) is 4.90 Å². The van der Waals surface area contributed by atoms with Gasteiger partial charge in [0.2, 0.25) is 0 Å². The second-order valence-corrected chi connectivity index (χ2v) is 4.98. The van der Waals surface area contributed by atoms with E-state index in [1.54, 1.807) is 25.3 Å². The third-order valence-electron chi connectivity index (χ3n) is 2.10. The maximum absolute atomic E-state index is 10.9. The van der Waals surface area contributed by atoms with E-state index in [2.05, 4.69) is 0 Å². The van der Waals surface area contributed by atoms with E-state index in [0.29, 0.717) is 19.8 Å². The Morgan fingerprint density at radius 3 is 2.83 bits per heavy atom. The van der Waals surface area contributed by atoms with E-state index in [4.69, 9.17) is 26.2 Å². The third-order valence-corrected chi connectivity index (χ3v) is 3.38. The largest absolute Gasteiger partial charge is 0.478 e. The molecular formula is C12H15ClO4S. The molecule has 0 fully saturated rings. The van der Waals surface area contributed by atoms with Crippen LogP contribution in [0.15, 0.2) is 23.1 Å². The van der Waals surface area contributed by atoms with Gasteiger partial charge in [0.1, 0.15) is 0 Å². The first-order chi connectivity index (χ1) is 8.65. The SMILES string of the molecule is COCCOCCSc1ccc(Cl)c(C(=O)O)c1. The zero-order valence-corrected chi connectivity index (χ0v) is 11.6. The predicted molar refractivity (Wildman–Crippen MR) is 71.8 cm³/mol. The summed E-state index contributed by atoms with van der Waals surface area (Å²) in [5.41, 5.74) is 0.127. The van der Waals surface area contributed by atoms with Crippen LogP contribution in [0.1, 0.15) is 10.4 Å². The second-order valence-electron chi connectivity index (χ2n) is 3.40. The Morgan fingerprint density at radius 2 is 2.17 bits per heavy atom. The fraction of sp³-hybridized carbons (Fsp3) is 0.417. The summed E-state index contributed by atoms with van der Waals surface area (Å²) in [7, 11) is 1.62. The lowest BCUT2D eigenvalue weighted by Crippen LogP contribution is -2.04. The number of methoxy groups -OCH3 is 1. The number of carboxylic acid groups (broad SMARTS) is 1. The smallest absolute Gasteiger partial charge is 0.337 e. The average Bonchev–Trinajstić information content (AvgIpc) is 2.35. The molecule has 100 valence electrons. The first kappa shape index (κ1) is 15.3. The van der Waals surface area contributed by atoms with Crippen LogP contribution in [0.2, 0.25) is 5.02 Å². The van der Waals surface area contributed by atoms with Crippen molar-refractivity contribution in [1.82, 2.24) is 0 Å². The van der Waals surface area contributed by atoms with E-state index < -0.39 is 5.97 Å². The van der Waals surface area contributed by atoms with Crippen LogP contribution < -0.4 is 0 Å². The van der Waals surface area contributed by atoms with E-state index in [1.807, 2.05) is 0 Å². The van der Waals surface area contributed by atoms with Gasteiger partial charge in [0, 0.05) is 17.8 Å². The predicted octanol–water partition coefficient (Wildman–Crippen LogP) is 2.79. The van der Waals surface area contributed by atoms with Gasteiger partial charge in [0.15, 0.2) is 0 Å². The van der Waals surface area contributed by atoms with Gasteiger partial charge in [-0.05, 0) is 18.2 Å². The molecule has 1 aromatic carbocycles. The van der Waals surface area contributed by atoms with Crippen LogP contribution in [-0.4, -0.2) is 43.8 Å². The molecule has 0 atom stereocenters. The van der Waals surface area contributed by atoms with Gasteiger partial charge in [-0.25, -0.2) is 4.79 Å². The molecule has 6 heteroatoms. The van der Waals surface area contributed by atoms with Crippen LogP contribution in [0.5, 0.6) is 0 Å². The number of carbonyl (C=O) groups is 1. The first-order valence-corrected chi connectivity index (χ1v) is 6.74. The number of benzene rings is 1. The second kappa shape index (κ2) is 8.37. The standard InChI is InChI=1S/C12H15ClO4S/c1-16-4-5-17-6-7-18-9-2-3-11(13)10(8-9)12(14)15/h2-3,8H,4-7H2,1H3,(H,14,15). The van der Waals surface area contributed by atoms with Gasteiger partial charge >= 0.3 is 5.97 Å². The summed E-state index contributed by atoms with van der Waals surface area (Å²) in [4.78, 5) is 11.8. The van der Waals surface area contributed by atoms with E-state index in [-0.39, 0.29) is 10.6 Å². The van der Waals surface area contributed by atoms with Crippen molar-refractivity contribution in [3.05, 3.63) is 28.8 Å². The Labute approximate surface area is 115 Å². The highest BCUT2D eigenvalue weighted by Crippen LogP contribution is 2.24. The van der Waals surface area contributed by atoms with E-state index in [9.17, 15) is 4.79 Å². The summed E-state index contributed by atoms with van der Waals surface area (Å²) in [6.07, 6.45) is 0. The molecule has 18 heavy (non-hydrogen) atoms. The van der Waals surface area contributed by atoms with Gasteiger partial charge in [-0.1, -0.05) is 11.6 Å². The minimum atomic E-state index is -1.02. The molecule has 0 aliphatic rings. The lowest BCUT2D eigenvalue weighted by atomic mass is 10.2. The van der Waals surface area contributed by atoms with Gasteiger partial charge < -0.3 is 14.6 Å². The number of thioether (sulfide) groups is 1. The average molecular weight is 291 g/mol. The van der Waals surface area contributed by atoms with Crippen LogP contribution in [-0.2, 0) is 9.47 Å². The highest BCUT2D eigenvalue weighted by Gasteiger charge is 2.09. The number of ether oxygens (including phenoxy) is 2. The molecule has 0 saturated heterocycles. The normalized spacial score (nSPS) is 10.6. The minimum absolute atomic E-state index is 0.127. The number of hydrogen-bond donors (Lipinski definition) is 1. The Hall–Kier alpha value is -0.750. The number of aromatic carboxylic acids is 1. The molecule has 0 aliphatic heterocycles. The fourth-order valence-electron chi connectivity index (χ4n) is 1.22. The Morgan fingerprint density at radius 1 is 1.39 bits per heavy atom. The van der Waals surface area contributed by atoms with Crippen LogP contribution in [0, 0.1) is 0 Å².